The Kier molecular flexibility index (Phi) is 10.2. The van der Waals surface area contributed by atoms with Crippen LogP contribution in [0.5, 0.6) is 0 Å². The van der Waals surface area contributed by atoms with E-state index in [1.54, 1.807) is 7.05 Å². The fourth-order valence-corrected chi connectivity index (χ4v) is 0.177. The number of amides is 1. The number of hydrogen-bond acceptors (Lipinski definition) is 2. The van der Waals surface area contributed by atoms with Crippen LogP contribution >= 0.6 is 0 Å². The molecule has 1 amide bonds. The molecule has 0 aromatic heterocycles. The Balaban J connectivity index is 0. The molecule has 10 heavy (non-hydrogen) atoms. The van der Waals surface area contributed by atoms with E-state index in [0.717, 1.165) is 0 Å². The summed E-state index contributed by atoms with van der Waals surface area (Å²) in [4.78, 5) is 12.1. The highest BCUT2D eigenvalue weighted by Crippen LogP contribution is 1.68. The molecule has 0 unspecified atom stereocenters. The van der Waals surface area contributed by atoms with Crippen LogP contribution in [-0.2, 0) is 4.79 Å². The summed E-state index contributed by atoms with van der Waals surface area (Å²) in [5, 5.41) is 2.48. The highest BCUT2D eigenvalue weighted by atomic mass is 16.1. The summed E-state index contributed by atoms with van der Waals surface area (Å²) < 4.78 is 0. The Morgan fingerprint density at radius 1 is 1.40 bits per heavy atom. The van der Waals surface area contributed by atoms with Gasteiger partial charge in [0.2, 0.25) is 5.91 Å². The smallest absolute Gasteiger partial charge is 0.219 e. The molecule has 0 aliphatic carbocycles. The highest BCUT2D eigenvalue weighted by Gasteiger charge is 1.84. The van der Waals surface area contributed by atoms with Crippen molar-refractivity contribution >= 4 is 5.91 Å². The van der Waals surface area contributed by atoms with Gasteiger partial charge in [-0.25, -0.2) is 0 Å². The van der Waals surface area contributed by atoms with Crippen LogP contribution in [0.1, 0.15) is 13.3 Å². The Morgan fingerprint density at radius 3 is 1.70 bits per heavy atom. The zero-order chi connectivity index (χ0) is 8.57. The molecule has 0 bridgehead atoms. The second-order valence-corrected chi connectivity index (χ2v) is 2.37. The first-order chi connectivity index (χ1) is 4.54. The largest absolute Gasteiger partial charge is 0.359 e. The SMILES string of the molecule is CCC(=O)NC.CN(C)C. The molecule has 0 saturated heterocycles. The van der Waals surface area contributed by atoms with Crippen molar-refractivity contribution in [2.75, 3.05) is 28.2 Å². The molecule has 0 heterocycles. The van der Waals surface area contributed by atoms with Crippen LogP contribution in [-0.4, -0.2) is 39.0 Å². The standard InChI is InChI=1S/C4H9NO.C3H9N/c1-3-4(6)5-2;1-4(2)3/h3H2,1-2H3,(H,5,6);1-3H3. The summed E-state index contributed by atoms with van der Waals surface area (Å²) >= 11 is 0. The van der Waals surface area contributed by atoms with Gasteiger partial charge in [-0.3, -0.25) is 4.79 Å². The van der Waals surface area contributed by atoms with Gasteiger partial charge in [-0.1, -0.05) is 6.92 Å². The monoisotopic (exact) mass is 146 g/mol. The van der Waals surface area contributed by atoms with E-state index in [-0.39, 0.29) is 5.91 Å². The van der Waals surface area contributed by atoms with E-state index in [1.165, 1.54) is 0 Å². The molecule has 0 fully saturated rings. The van der Waals surface area contributed by atoms with E-state index >= 15 is 0 Å². The number of carbonyl (C=O) groups is 1. The van der Waals surface area contributed by atoms with Crippen molar-refractivity contribution < 1.29 is 4.79 Å². The predicted molar refractivity (Wildman–Crippen MR) is 44.0 cm³/mol. The molecule has 0 rings (SSSR count). The third-order valence-electron chi connectivity index (χ3n) is 0.600. The zero-order valence-corrected chi connectivity index (χ0v) is 7.56. The molecular weight excluding hydrogens is 128 g/mol. The van der Waals surface area contributed by atoms with Crippen LogP contribution in [0.3, 0.4) is 0 Å². The van der Waals surface area contributed by atoms with Crippen LogP contribution in [0, 0.1) is 0 Å². The second kappa shape index (κ2) is 8.43. The molecule has 0 spiro atoms. The zero-order valence-electron chi connectivity index (χ0n) is 7.56. The summed E-state index contributed by atoms with van der Waals surface area (Å²) in [5.41, 5.74) is 0. The number of nitrogens with one attached hydrogen (secondary N) is 1. The van der Waals surface area contributed by atoms with Gasteiger partial charge in [0.15, 0.2) is 0 Å². The normalized spacial score (nSPS) is 8.20. The van der Waals surface area contributed by atoms with Crippen molar-refractivity contribution in [3.05, 3.63) is 0 Å². The lowest BCUT2D eigenvalue weighted by Crippen LogP contribution is -2.15. The van der Waals surface area contributed by atoms with Crippen LogP contribution in [0.2, 0.25) is 0 Å². The molecular formula is C7H18N2O. The molecule has 0 aliphatic heterocycles. The lowest BCUT2D eigenvalue weighted by atomic mass is 10.5. The predicted octanol–water partition coefficient (Wildman–Crippen LogP) is 0.320. The fourth-order valence-electron chi connectivity index (χ4n) is 0.177. The van der Waals surface area contributed by atoms with Crippen molar-refractivity contribution in [1.82, 2.24) is 10.2 Å². The third-order valence-corrected chi connectivity index (χ3v) is 0.600. The van der Waals surface area contributed by atoms with E-state index < -0.39 is 0 Å². The minimum absolute atomic E-state index is 0.0926. The van der Waals surface area contributed by atoms with E-state index in [2.05, 4.69) is 5.32 Å². The maximum atomic E-state index is 10.1. The summed E-state index contributed by atoms with van der Waals surface area (Å²) in [6.45, 7) is 1.82. The van der Waals surface area contributed by atoms with E-state index in [9.17, 15) is 4.79 Å². The van der Waals surface area contributed by atoms with Crippen molar-refractivity contribution in [1.29, 1.82) is 0 Å². The van der Waals surface area contributed by atoms with Crippen molar-refractivity contribution in [3.8, 4) is 0 Å². The van der Waals surface area contributed by atoms with E-state index in [0.29, 0.717) is 6.42 Å². The van der Waals surface area contributed by atoms with E-state index in [1.807, 2.05) is 33.0 Å². The first-order valence-electron chi connectivity index (χ1n) is 3.36. The van der Waals surface area contributed by atoms with Gasteiger partial charge in [0.25, 0.3) is 0 Å². The van der Waals surface area contributed by atoms with Gasteiger partial charge in [-0.05, 0) is 21.1 Å². The van der Waals surface area contributed by atoms with Gasteiger partial charge in [0, 0.05) is 13.5 Å². The summed E-state index contributed by atoms with van der Waals surface area (Å²) in [6, 6.07) is 0. The number of nitrogens with zero attached hydrogens (tertiary/aromatic N) is 1. The van der Waals surface area contributed by atoms with Crippen LogP contribution in [0.15, 0.2) is 0 Å². The quantitative estimate of drug-likeness (QED) is 0.578. The summed E-state index contributed by atoms with van der Waals surface area (Å²) in [6.07, 6.45) is 0.580. The number of carbonyl (C=O) groups excluding carboxylic acids is 1. The van der Waals surface area contributed by atoms with Gasteiger partial charge in [0.05, 0.1) is 0 Å². The number of rotatable bonds is 1. The van der Waals surface area contributed by atoms with Crippen LogP contribution in [0.25, 0.3) is 0 Å². The van der Waals surface area contributed by atoms with Gasteiger partial charge in [0.1, 0.15) is 0 Å². The Morgan fingerprint density at radius 2 is 1.70 bits per heavy atom. The summed E-state index contributed by atoms with van der Waals surface area (Å²) in [5.74, 6) is 0.0926. The lowest BCUT2D eigenvalue weighted by molar-refractivity contribution is -0.120. The maximum absolute atomic E-state index is 10.1. The molecule has 62 valence electrons. The van der Waals surface area contributed by atoms with Crippen LogP contribution < -0.4 is 5.32 Å². The highest BCUT2D eigenvalue weighted by molar-refractivity contribution is 5.74. The molecule has 3 nitrogen and oxygen atoms in total. The first kappa shape index (κ1) is 12.1. The topological polar surface area (TPSA) is 32.3 Å². The van der Waals surface area contributed by atoms with Gasteiger partial charge < -0.3 is 10.2 Å². The van der Waals surface area contributed by atoms with Gasteiger partial charge in [-0.2, -0.15) is 0 Å². The van der Waals surface area contributed by atoms with Gasteiger partial charge in [-0.15, -0.1) is 0 Å². The average Bonchev–Trinajstić information content (AvgIpc) is 1.85. The van der Waals surface area contributed by atoms with Crippen molar-refractivity contribution in [2.45, 2.75) is 13.3 Å². The molecule has 0 aromatic carbocycles. The molecule has 0 atom stereocenters. The van der Waals surface area contributed by atoms with Crippen molar-refractivity contribution in [2.24, 2.45) is 0 Å². The Hall–Kier alpha value is -0.570. The molecule has 0 aliphatic rings. The molecule has 0 saturated carbocycles. The number of hydrogen-bond donors (Lipinski definition) is 1. The van der Waals surface area contributed by atoms with Crippen molar-refractivity contribution in [3.63, 3.8) is 0 Å². The molecule has 0 radical (unpaired) electrons. The third kappa shape index (κ3) is 26.1. The minimum atomic E-state index is 0.0926. The van der Waals surface area contributed by atoms with Gasteiger partial charge >= 0.3 is 0 Å². The summed E-state index contributed by atoms with van der Waals surface area (Å²) in [7, 11) is 7.63. The Labute approximate surface area is 63.4 Å². The fraction of sp³-hybridized carbons (Fsp3) is 0.857. The minimum Gasteiger partial charge on any atom is -0.359 e. The lowest BCUT2D eigenvalue weighted by Gasteiger charge is -1.90. The molecule has 0 aromatic rings. The molecule has 1 N–H and O–H groups in total. The second-order valence-electron chi connectivity index (χ2n) is 2.37. The van der Waals surface area contributed by atoms with Crippen LogP contribution in [0.4, 0.5) is 0 Å². The van der Waals surface area contributed by atoms with E-state index in [4.69, 9.17) is 0 Å². The maximum Gasteiger partial charge on any atom is 0.219 e. The molecule has 3 heteroatoms. The average molecular weight is 146 g/mol. The Bertz CT molecular complexity index is 72.9. The first-order valence-corrected chi connectivity index (χ1v) is 3.36.